The van der Waals surface area contributed by atoms with Crippen LogP contribution in [0.15, 0.2) is 30.5 Å². The number of hydrogen-bond acceptors (Lipinski definition) is 4. The van der Waals surface area contributed by atoms with Gasteiger partial charge in [-0.05, 0) is 25.1 Å². The molecule has 0 aliphatic carbocycles. The van der Waals surface area contributed by atoms with Crippen molar-refractivity contribution in [2.45, 2.75) is 18.9 Å². The zero-order valence-electron chi connectivity index (χ0n) is 11.6. The van der Waals surface area contributed by atoms with Gasteiger partial charge in [0.05, 0.1) is 12.8 Å². The third kappa shape index (κ3) is 3.54. The fourth-order valence-corrected chi connectivity index (χ4v) is 2.15. The fraction of sp³-hybridized carbons (Fsp3) is 0.429. The second kappa shape index (κ2) is 6.33. The van der Waals surface area contributed by atoms with Crippen molar-refractivity contribution in [1.82, 2.24) is 20.3 Å². The Labute approximate surface area is 113 Å². The molecule has 5 heteroatoms. The predicted molar refractivity (Wildman–Crippen MR) is 74.3 cm³/mol. The Bertz CT molecular complexity index is 524. The van der Waals surface area contributed by atoms with Crippen LogP contribution in [-0.2, 0) is 19.9 Å². The summed E-state index contributed by atoms with van der Waals surface area (Å²) in [6, 6.07) is 8.42. The molecule has 0 radical (unpaired) electrons. The smallest absolute Gasteiger partial charge is 0.122 e. The summed E-state index contributed by atoms with van der Waals surface area (Å²) in [6.07, 6.45) is 3.70. The number of methoxy groups -OCH3 is 1. The van der Waals surface area contributed by atoms with Crippen LogP contribution in [0, 0.1) is 0 Å². The molecule has 1 heterocycles. The maximum atomic E-state index is 5.39. The van der Waals surface area contributed by atoms with Gasteiger partial charge in [0.2, 0.25) is 0 Å². The molecule has 0 spiro atoms. The van der Waals surface area contributed by atoms with Crippen molar-refractivity contribution in [3.05, 3.63) is 41.7 Å². The van der Waals surface area contributed by atoms with Crippen molar-refractivity contribution in [2.75, 3.05) is 14.2 Å². The molecule has 0 aliphatic rings. The first-order valence-electron chi connectivity index (χ1n) is 6.37. The molecule has 1 aromatic carbocycles. The van der Waals surface area contributed by atoms with Gasteiger partial charge in [0, 0.05) is 25.7 Å². The summed E-state index contributed by atoms with van der Waals surface area (Å²) in [5, 5.41) is 11.4. The summed E-state index contributed by atoms with van der Waals surface area (Å²) in [4.78, 5) is 0. The summed E-state index contributed by atoms with van der Waals surface area (Å²) < 4.78 is 7.11. The lowest BCUT2D eigenvalue weighted by atomic mass is 10.0. The minimum atomic E-state index is 0.313. The summed E-state index contributed by atoms with van der Waals surface area (Å²) in [5.41, 5.74) is 2.20. The number of likely N-dealkylation sites (N-methyl/N-ethyl adjacent to an activating group) is 1. The molecular formula is C14H20N4O. The van der Waals surface area contributed by atoms with Crippen LogP contribution in [-0.4, -0.2) is 35.2 Å². The third-order valence-corrected chi connectivity index (χ3v) is 3.17. The monoisotopic (exact) mass is 260 g/mol. The fourth-order valence-electron chi connectivity index (χ4n) is 2.15. The van der Waals surface area contributed by atoms with E-state index >= 15 is 0 Å². The van der Waals surface area contributed by atoms with E-state index in [0.29, 0.717) is 6.04 Å². The summed E-state index contributed by atoms with van der Waals surface area (Å²) in [5.74, 6) is 0.932. The van der Waals surface area contributed by atoms with Crippen LogP contribution >= 0.6 is 0 Å². The number of benzene rings is 1. The molecule has 2 aromatic rings. The number of rotatable bonds is 6. The Hall–Kier alpha value is -1.88. The van der Waals surface area contributed by atoms with Gasteiger partial charge in [-0.25, -0.2) is 0 Å². The highest BCUT2D eigenvalue weighted by Crippen LogP contribution is 2.19. The van der Waals surface area contributed by atoms with Crippen molar-refractivity contribution in [1.29, 1.82) is 0 Å². The maximum absolute atomic E-state index is 5.39. The van der Waals surface area contributed by atoms with E-state index in [1.165, 1.54) is 5.56 Å². The lowest BCUT2D eigenvalue weighted by molar-refractivity contribution is 0.405. The summed E-state index contributed by atoms with van der Waals surface area (Å²) in [7, 11) is 5.55. The molecule has 1 unspecified atom stereocenters. The summed E-state index contributed by atoms with van der Waals surface area (Å²) in [6.45, 7) is 0. The number of para-hydroxylation sites is 1. The van der Waals surface area contributed by atoms with Crippen molar-refractivity contribution >= 4 is 0 Å². The number of aryl methyl sites for hydroxylation is 1. The van der Waals surface area contributed by atoms with E-state index in [9.17, 15) is 0 Å². The van der Waals surface area contributed by atoms with Crippen LogP contribution in [0.4, 0.5) is 0 Å². The van der Waals surface area contributed by atoms with Crippen molar-refractivity contribution < 1.29 is 4.74 Å². The molecule has 0 amide bonds. The van der Waals surface area contributed by atoms with Gasteiger partial charge in [0.15, 0.2) is 0 Å². The van der Waals surface area contributed by atoms with E-state index in [1.54, 1.807) is 11.8 Å². The van der Waals surface area contributed by atoms with Gasteiger partial charge < -0.3 is 10.1 Å². The number of hydrogen-bond donors (Lipinski definition) is 1. The standard InChI is InChI=1S/C14H20N4O/c1-15-12(9-13-10-18(2)17-16-13)8-11-6-4-5-7-14(11)19-3/h4-7,10,12,15H,8-9H2,1-3H3. The number of nitrogens with zero attached hydrogens (tertiary/aromatic N) is 3. The second-order valence-electron chi connectivity index (χ2n) is 4.59. The minimum Gasteiger partial charge on any atom is -0.496 e. The van der Waals surface area contributed by atoms with Gasteiger partial charge in [0.1, 0.15) is 5.75 Å². The molecule has 2 rings (SSSR count). The van der Waals surface area contributed by atoms with Gasteiger partial charge in [0.25, 0.3) is 0 Å². The topological polar surface area (TPSA) is 52.0 Å². The van der Waals surface area contributed by atoms with Gasteiger partial charge >= 0.3 is 0 Å². The third-order valence-electron chi connectivity index (χ3n) is 3.17. The van der Waals surface area contributed by atoms with Crippen LogP contribution in [0.1, 0.15) is 11.3 Å². The van der Waals surface area contributed by atoms with E-state index in [-0.39, 0.29) is 0 Å². The Balaban J connectivity index is 2.06. The van der Waals surface area contributed by atoms with E-state index in [0.717, 1.165) is 24.3 Å². The van der Waals surface area contributed by atoms with Crippen LogP contribution in [0.5, 0.6) is 5.75 Å². The van der Waals surface area contributed by atoms with Crippen LogP contribution in [0.25, 0.3) is 0 Å². The molecule has 0 aliphatic heterocycles. The van der Waals surface area contributed by atoms with Crippen molar-refractivity contribution in [2.24, 2.45) is 7.05 Å². The average molecular weight is 260 g/mol. The minimum absolute atomic E-state index is 0.313. The second-order valence-corrected chi connectivity index (χ2v) is 4.59. The number of nitrogens with one attached hydrogen (secondary N) is 1. The normalized spacial score (nSPS) is 12.4. The zero-order chi connectivity index (χ0) is 13.7. The zero-order valence-corrected chi connectivity index (χ0v) is 11.6. The molecule has 1 atom stereocenters. The maximum Gasteiger partial charge on any atom is 0.122 e. The van der Waals surface area contributed by atoms with Gasteiger partial charge in [-0.15, -0.1) is 5.10 Å². The number of ether oxygens (including phenoxy) is 1. The van der Waals surface area contributed by atoms with Crippen LogP contribution in [0.2, 0.25) is 0 Å². The average Bonchev–Trinajstić information content (AvgIpc) is 2.84. The van der Waals surface area contributed by atoms with Crippen molar-refractivity contribution in [3.63, 3.8) is 0 Å². The largest absolute Gasteiger partial charge is 0.496 e. The Morgan fingerprint density at radius 1 is 1.32 bits per heavy atom. The first kappa shape index (κ1) is 13.5. The molecule has 0 saturated carbocycles. The lowest BCUT2D eigenvalue weighted by Crippen LogP contribution is -2.30. The first-order chi connectivity index (χ1) is 9.22. The van der Waals surface area contributed by atoms with E-state index in [1.807, 2.05) is 38.5 Å². The Kier molecular flexibility index (Phi) is 4.52. The number of aromatic nitrogens is 3. The van der Waals surface area contributed by atoms with Gasteiger partial charge in [-0.3, -0.25) is 4.68 Å². The highest BCUT2D eigenvalue weighted by molar-refractivity contribution is 5.34. The van der Waals surface area contributed by atoms with Crippen LogP contribution in [0.3, 0.4) is 0 Å². The molecule has 1 aromatic heterocycles. The Morgan fingerprint density at radius 3 is 2.74 bits per heavy atom. The van der Waals surface area contributed by atoms with Crippen molar-refractivity contribution in [3.8, 4) is 5.75 Å². The highest BCUT2D eigenvalue weighted by atomic mass is 16.5. The predicted octanol–water partition coefficient (Wildman–Crippen LogP) is 1.20. The van der Waals surface area contributed by atoms with E-state index in [4.69, 9.17) is 4.74 Å². The lowest BCUT2D eigenvalue weighted by Gasteiger charge is -2.16. The van der Waals surface area contributed by atoms with E-state index < -0.39 is 0 Å². The quantitative estimate of drug-likeness (QED) is 0.848. The molecule has 102 valence electrons. The highest BCUT2D eigenvalue weighted by Gasteiger charge is 2.13. The molecule has 0 fully saturated rings. The first-order valence-corrected chi connectivity index (χ1v) is 6.37. The molecule has 0 saturated heterocycles. The summed E-state index contributed by atoms with van der Waals surface area (Å²) >= 11 is 0. The molecule has 5 nitrogen and oxygen atoms in total. The van der Waals surface area contributed by atoms with Gasteiger partial charge in [-0.1, -0.05) is 23.4 Å². The molecule has 19 heavy (non-hydrogen) atoms. The van der Waals surface area contributed by atoms with Gasteiger partial charge in [-0.2, -0.15) is 0 Å². The van der Waals surface area contributed by atoms with Crippen LogP contribution < -0.4 is 10.1 Å². The molecule has 0 bridgehead atoms. The SMILES string of the molecule is CNC(Cc1cn(C)nn1)Cc1ccccc1OC. The molecule has 1 N–H and O–H groups in total. The van der Waals surface area contributed by atoms with E-state index in [2.05, 4.69) is 21.7 Å². The molecular weight excluding hydrogens is 240 g/mol. The Morgan fingerprint density at radius 2 is 2.11 bits per heavy atom.